The van der Waals surface area contributed by atoms with Crippen molar-refractivity contribution in [1.29, 1.82) is 0 Å². The predicted octanol–water partition coefficient (Wildman–Crippen LogP) is 11.3. The van der Waals surface area contributed by atoms with E-state index in [1.54, 1.807) is 11.3 Å². The molecule has 0 saturated carbocycles. The Morgan fingerprint density at radius 3 is 2.19 bits per heavy atom. The van der Waals surface area contributed by atoms with Gasteiger partial charge in [-0.25, -0.2) is 4.98 Å². The number of fused-ring (bicyclic) bond motifs is 11. The van der Waals surface area contributed by atoms with Gasteiger partial charge in [0.1, 0.15) is 16.2 Å². The van der Waals surface area contributed by atoms with Crippen molar-refractivity contribution in [3.05, 3.63) is 133 Å². The molecule has 4 heteroatoms. The van der Waals surface area contributed by atoms with Crippen LogP contribution in [0.3, 0.4) is 0 Å². The highest BCUT2D eigenvalue weighted by molar-refractivity contribution is 7.21. The first kappa shape index (κ1) is 23.1. The summed E-state index contributed by atoms with van der Waals surface area (Å²) in [6.45, 7) is 0. The van der Waals surface area contributed by atoms with Gasteiger partial charge in [-0.3, -0.25) is 0 Å². The van der Waals surface area contributed by atoms with Crippen molar-refractivity contribution < 1.29 is 4.42 Å². The molecule has 0 atom stereocenters. The Labute approximate surface area is 249 Å². The smallest absolute Gasteiger partial charge is 0.146 e. The summed E-state index contributed by atoms with van der Waals surface area (Å²) in [7, 11) is 0. The molecule has 0 aliphatic carbocycles. The van der Waals surface area contributed by atoms with Crippen LogP contribution in [-0.2, 0) is 0 Å². The van der Waals surface area contributed by atoms with Crippen molar-refractivity contribution in [3.8, 4) is 16.3 Å². The largest absolute Gasteiger partial charge is 0.455 e. The van der Waals surface area contributed by atoms with Crippen molar-refractivity contribution in [2.24, 2.45) is 0 Å². The molecule has 0 unspecified atom stereocenters. The summed E-state index contributed by atoms with van der Waals surface area (Å²) in [4.78, 5) is 5.05. The molecule has 0 aliphatic heterocycles. The topological polar surface area (TPSA) is 31.0 Å². The summed E-state index contributed by atoms with van der Waals surface area (Å²) >= 11 is 1.71. The highest BCUT2D eigenvalue weighted by Gasteiger charge is 2.23. The summed E-state index contributed by atoms with van der Waals surface area (Å²) in [5.41, 5.74) is 7.28. The lowest BCUT2D eigenvalue weighted by atomic mass is 9.99. The molecule has 0 amide bonds. The molecule has 0 saturated heterocycles. The van der Waals surface area contributed by atoms with Crippen LogP contribution in [0.4, 0.5) is 0 Å². The first-order chi connectivity index (χ1) is 21.3. The Balaban J connectivity index is 1.39. The molecule has 3 heterocycles. The molecule has 0 spiro atoms. The fraction of sp³-hybridized carbons (Fsp3) is 0. The normalized spacial score (nSPS) is 12.2. The zero-order valence-electron chi connectivity index (χ0n) is 22.9. The van der Waals surface area contributed by atoms with Crippen LogP contribution in [0.25, 0.3) is 91.8 Å². The summed E-state index contributed by atoms with van der Waals surface area (Å²) < 4.78 is 10.4. The Kier molecular flexibility index (Phi) is 4.60. The molecule has 0 aliphatic rings. The van der Waals surface area contributed by atoms with Gasteiger partial charge < -0.3 is 8.98 Å². The molecule has 0 radical (unpaired) electrons. The standard InChI is InChI=1S/C39H22N2OS/c1-3-12-25-23(10-1)20-21-32-35(25)27-14-5-7-16-30(27)41(32)31-17-9-18-33-37(31)36-26-13-4-2-11-24(26)22-28(38(36)42-33)39-40-29-15-6-8-19-34(29)43-39/h1-22H. The van der Waals surface area contributed by atoms with E-state index in [1.807, 2.05) is 6.07 Å². The van der Waals surface area contributed by atoms with Gasteiger partial charge in [0.05, 0.1) is 37.9 Å². The van der Waals surface area contributed by atoms with Gasteiger partial charge >= 0.3 is 0 Å². The Morgan fingerprint density at radius 1 is 0.558 bits per heavy atom. The van der Waals surface area contributed by atoms with Crippen LogP contribution in [-0.4, -0.2) is 9.55 Å². The number of aromatic nitrogens is 2. The monoisotopic (exact) mass is 566 g/mol. The summed E-state index contributed by atoms with van der Waals surface area (Å²) in [6, 6.07) is 47.6. The van der Waals surface area contributed by atoms with Gasteiger partial charge in [0.25, 0.3) is 0 Å². The number of hydrogen-bond acceptors (Lipinski definition) is 3. The van der Waals surface area contributed by atoms with Crippen LogP contribution in [0, 0.1) is 0 Å². The Bertz CT molecular complexity index is 2710. The van der Waals surface area contributed by atoms with Crippen LogP contribution in [0.2, 0.25) is 0 Å². The molecule has 0 fully saturated rings. The summed E-state index contributed by atoms with van der Waals surface area (Å²) in [6.07, 6.45) is 0. The molecule has 3 aromatic heterocycles. The van der Waals surface area contributed by atoms with E-state index in [0.29, 0.717) is 0 Å². The van der Waals surface area contributed by atoms with E-state index < -0.39 is 0 Å². The van der Waals surface area contributed by atoms with E-state index in [4.69, 9.17) is 9.40 Å². The van der Waals surface area contributed by atoms with Crippen LogP contribution in [0.5, 0.6) is 0 Å². The number of benzene rings is 7. The highest BCUT2D eigenvalue weighted by atomic mass is 32.1. The van der Waals surface area contributed by atoms with Crippen LogP contribution in [0.15, 0.2) is 138 Å². The summed E-state index contributed by atoms with van der Waals surface area (Å²) in [5, 5.41) is 10.6. The fourth-order valence-electron chi connectivity index (χ4n) is 6.98. The number of nitrogens with zero attached hydrogens (tertiary/aromatic N) is 2. The number of hydrogen-bond donors (Lipinski definition) is 0. The molecule has 7 aromatic carbocycles. The van der Waals surface area contributed by atoms with Crippen LogP contribution < -0.4 is 0 Å². The lowest BCUT2D eigenvalue weighted by Crippen LogP contribution is -1.94. The number of thiazole rings is 1. The summed E-state index contributed by atoms with van der Waals surface area (Å²) in [5.74, 6) is 0. The first-order valence-corrected chi connectivity index (χ1v) is 15.3. The van der Waals surface area contributed by atoms with Crippen LogP contribution >= 0.6 is 11.3 Å². The predicted molar refractivity (Wildman–Crippen MR) is 182 cm³/mol. The van der Waals surface area contributed by atoms with E-state index in [0.717, 1.165) is 43.7 Å². The molecule has 200 valence electrons. The second kappa shape index (κ2) is 8.54. The van der Waals surface area contributed by atoms with E-state index in [-0.39, 0.29) is 0 Å². The molecule has 10 aromatic rings. The molecule has 3 nitrogen and oxygen atoms in total. The van der Waals surface area contributed by atoms with Gasteiger partial charge in [0.15, 0.2) is 0 Å². The molecular weight excluding hydrogens is 545 g/mol. The number of furan rings is 1. The minimum atomic E-state index is 0.873. The molecule has 43 heavy (non-hydrogen) atoms. The Hall–Kier alpha value is -5.45. The average molecular weight is 567 g/mol. The zero-order chi connectivity index (χ0) is 28.1. The first-order valence-electron chi connectivity index (χ1n) is 14.5. The molecule has 10 rings (SSSR count). The lowest BCUT2D eigenvalue weighted by Gasteiger charge is -2.11. The van der Waals surface area contributed by atoms with Gasteiger partial charge in [-0.1, -0.05) is 91.0 Å². The molecular formula is C39H22N2OS. The van der Waals surface area contributed by atoms with Crippen LogP contribution in [0.1, 0.15) is 0 Å². The van der Waals surface area contributed by atoms with Gasteiger partial charge in [-0.15, -0.1) is 11.3 Å². The second-order valence-electron chi connectivity index (χ2n) is 11.1. The van der Waals surface area contributed by atoms with Crippen molar-refractivity contribution >= 4 is 86.8 Å². The molecule has 0 bridgehead atoms. The number of para-hydroxylation sites is 2. The second-order valence-corrected chi connectivity index (χ2v) is 12.2. The SMILES string of the molecule is c1ccc2c(c1)cc(-c1nc3ccccc3s1)c1oc3cccc(-n4c5ccccc5c5c6ccccc6ccc54)c3c12. The average Bonchev–Trinajstić information content (AvgIpc) is 3.76. The number of rotatable bonds is 2. The quantitative estimate of drug-likeness (QED) is 0.208. The third-order valence-corrected chi connectivity index (χ3v) is 9.87. The fourth-order valence-corrected chi connectivity index (χ4v) is 7.96. The van der Waals surface area contributed by atoms with E-state index in [9.17, 15) is 0 Å². The van der Waals surface area contributed by atoms with Crippen molar-refractivity contribution in [1.82, 2.24) is 9.55 Å². The lowest BCUT2D eigenvalue weighted by molar-refractivity contribution is 0.670. The van der Waals surface area contributed by atoms with Gasteiger partial charge in [0.2, 0.25) is 0 Å². The van der Waals surface area contributed by atoms with Gasteiger partial charge in [-0.05, 0) is 64.0 Å². The van der Waals surface area contributed by atoms with Crippen molar-refractivity contribution in [3.63, 3.8) is 0 Å². The van der Waals surface area contributed by atoms with E-state index >= 15 is 0 Å². The third-order valence-electron chi connectivity index (χ3n) is 8.80. The maximum atomic E-state index is 6.83. The minimum Gasteiger partial charge on any atom is -0.455 e. The van der Waals surface area contributed by atoms with E-state index in [1.165, 1.54) is 48.1 Å². The van der Waals surface area contributed by atoms with Crippen molar-refractivity contribution in [2.45, 2.75) is 0 Å². The van der Waals surface area contributed by atoms with Crippen molar-refractivity contribution in [2.75, 3.05) is 0 Å². The Morgan fingerprint density at radius 2 is 1.30 bits per heavy atom. The van der Waals surface area contributed by atoms with Gasteiger partial charge in [-0.2, -0.15) is 0 Å². The van der Waals surface area contributed by atoms with E-state index in [2.05, 4.69) is 132 Å². The van der Waals surface area contributed by atoms with Gasteiger partial charge in [0, 0.05) is 16.2 Å². The third kappa shape index (κ3) is 3.16. The highest BCUT2D eigenvalue weighted by Crippen LogP contribution is 2.46. The zero-order valence-corrected chi connectivity index (χ0v) is 23.7. The minimum absolute atomic E-state index is 0.873. The molecule has 0 N–H and O–H groups in total. The maximum Gasteiger partial charge on any atom is 0.146 e. The maximum absolute atomic E-state index is 6.83.